The number of hydrogen-bond acceptors (Lipinski definition) is 3. The smallest absolute Gasteiger partial charge is 0.233 e. The number of nitrogens with one attached hydrogen (secondary N) is 1. The zero-order chi connectivity index (χ0) is 13.7. The average molecular weight is 287 g/mol. The second kappa shape index (κ2) is 6.90. The van der Waals surface area contributed by atoms with E-state index in [2.05, 4.69) is 5.32 Å². The molecule has 0 aliphatic heterocycles. The van der Waals surface area contributed by atoms with Gasteiger partial charge in [-0.3, -0.25) is 4.79 Å². The molecule has 0 saturated carbocycles. The third-order valence-corrected chi connectivity index (χ3v) is 4.06. The lowest BCUT2D eigenvalue weighted by atomic mass is 10.2. The molecule has 0 aliphatic carbocycles. The lowest BCUT2D eigenvalue weighted by Gasteiger charge is -2.16. The van der Waals surface area contributed by atoms with Gasteiger partial charge in [0.25, 0.3) is 0 Å². The minimum absolute atomic E-state index is 0.0220. The number of hydrogen-bond donors (Lipinski definition) is 2. The molecule has 1 amide bonds. The molecule has 1 aromatic rings. The van der Waals surface area contributed by atoms with Gasteiger partial charge in [-0.05, 0) is 38.5 Å². The van der Waals surface area contributed by atoms with Crippen LogP contribution in [-0.4, -0.2) is 17.2 Å². The highest BCUT2D eigenvalue weighted by molar-refractivity contribution is 8.00. The van der Waals surface area contributed by atoms with Crippen LogP contribution in [0.5, 0.6) is 0 Å². The van der Waals surface area contributed by atoms with Crippen LogP contribution in [-0.2, 0) is 4.79 Å². The summed E-state index contributed by atoms with van der Waals surface area (Å²) < 4.78 is 0. The molecule has 0 aromatic heterocycles. The van der Waals surface area contributed by atoms with E-state index < -0.39 is 0 Å². The molecule has 1 aromatic carbocycles. The van der Waals surface area contributed by atoms with E-state index in [1.165, 1.54) is 11.8 Å². The fraction of sp³-hybridized carbons (Fsp3) is 0.462. The minimum Gasteiger partial charge on any atom is -0.398 e. The number of carbonyl (C=O) groups excluding carboxylic acids is 1. The van der Waals surface area contributed by atoms with Crippen molar-refractivity contribution in [1.82, 2.24) is 5.32 Å². The molecule has 0 bridgehead atoms. The Bertz CT molecular complexity index is 425. The van der Waals surface area contributed by atoms with Gasteiger partial charge in [0, 0.05) is 21.6 Å². The Kier molecular flexibility index (Phi) is 5.82. The Labute approximate surface area is 117 Å². The summed E-state index contributed by atoms with van der Waals surface area (Å²) in [6.07, 6.45) is 0.919. The highest BCUT2D eigenvalue weighted by Crippen LogP contribution is 2.31. The highest BCUT2D eigenvalue weighted by Gasteiger charge is 2.17. The minimum atomic E-state index is -0.195. The number of anilines is 1. The van der Waals surface area contributed by atoms with E-state index in [0.717, 1.165) is 11.3 Å². The van der Waals surface area contributed by atoms with Gasteiger partial charge in [-0.1, -0.05) is 18.5 Å². The summed E-state index contributed by atoms with van der Waals surface area (Å²) in [4.78, 5) is 12.7. The first kappa shape index (κ1) is 15.2. The van der Waals surface area contributed by atoms with Gasteiger partial charge >= 0.3 is 0 Å². The fourth-order valence-corrected chi connectivity index (χ4v) is 2.51. The van der Waals surface area contributed by atoms with Crippen LogP contribution in [0.15, 0.2) is 23.1 Å². The molecule has 100 valence electrons. The maximum Gasteiger partial charge on any atom is 0.233 e. The van der Waals surface area contributed by atoms with Crippen molar-refractivity contribution in [2.45, 2.75) is 43.4 Å². The van der Waals surface area contributed by atoms with E-state index in [9.17, 15) is 4.79 Å². The second-order valence-electron chi connectivity index (χ2n) is 4.26. The number of benzene rings is 1. The molecular weight excluding hydrogens is 268 g/mol. The van der Waals surface area contributed by atoms with Crippen LogP contribution in [0.4, 0.5) is 5.69 Å². The van der Waals surface area contributed by atoms with Crippen LogP contribution in [0, 0.1) is 0 Å². The summed E-state index contributed by atoms with van der Waals surface area (Å²) in [5.41, 5.74) is 6.50. The Balaban J connectivity index is 2.66. The Morgan fingerprint density at radius 2 is 2.17 bits per heavy atom. The summed E-state index contributed by atoms with van der Waals surface area (Å²) in [5, 5.41) is 3.38. The van der Waals surface area contributed by atoms with Crippen LogP contribution in [0.2, 0.25) is 5.02 Å². The molecule has 0 aliphatic rings. The molecule has 5 heteroatoms. The lowest BCUT2D eigenvalue weighted by Crippen LogP contribution is -2.37. The van der Waals surface area contributed by atoms with Crippen molar-refractivity contribution < 1.29 is 4.79 Å². The molecule has 18 heavy (non-hydrogen) atoms. The maximum absolute atomic E-state index is 11.9. The standard InChI is InChI=1S/C13H19ClN2OS/c1-4-8(2)16-13(17)9(3)18-12-7-10(14)5-6-11(12)15/h5-9H,4,15H2,1-3H3,(H,16,17). The van der Waals surface area contributed by atoms with Gasteiger partial charge in [0.05, 0.1) is 5.25 Å². The van der Waals surface area contributed by atoms with Gasteiger partial charge in [0.2, 0.25) is 5.91 Å². The molecule has 1 rings (SSSR count). The molecule has 0 fully saturated rings. The number of amides is 1. The predicted molar refractivity (Wildman–Crippen MR) is 79.1 cm³/mol. The molecule has 0 heterocycles. The van der Waals surface area contributed by atoms with Crippen molar-refractivity contribution in [2.75, 3.05) is 5.73 Å². The van der Waals surface area contributed by atoms with Gasteiger partial charge in [0.15, 0.2) is 0 Å². The zero-order valence-electron chi connectivity index (χ0n) is 10.9. The monoisotopic (exact) mass is 286 g/mol. The molecule has 0 spiro atoms. The molecule has 0 saturated heterocycles. The average Bonchev–Trinajstić information content (AvgIpc) is 2.33. The largest absolute Gasteiger partial charge is 0.398 e. The fourth-order valence-electron chi connectivity index (χ4n) is 1.32. The predicted octanol–water partition coefficient (Wildman–Crippen LogP) is 3.32. The molecule has 3 N–H and O–H groups in total. The molecule has 3 nitrogen and oxygen atoms in total. The van der Waals surface area contributed by atoms with Crippen molar-refractivity contribution in [3.8, 4) is 0 Å². The summed E-state index contributed by atoms with van der Waals surface area (Å²) in [6, 6.07) is 5.47. The first-order valence-corrected chi connectivity index (χ1v) is 7.21. The van der Waals surface area contributed by atoms with Crippen molar-refractivity contribution >= 4 is 35.0 Å². The van der Waals surface area contributed by atoms with E-state index in [1.54, 1.807) is 18.2 Å². The summed E-state index contributed by atoms with van der Waals surface area (Å²) in [7, 11) is 0. The first-order chi connectivity index (χ1) is 8.43. The normalized spacial score (nSPS) is 14.0. The quantitative estimate of drug-likeness (QED) is 0.645. The van der Waals surface area contributed by atoms with Gasteiger partial charge < -0.3 is 11.1 Å². The van der Waals surface area contributed by atoms with E-state index in [1.807, 2.05) is 20.8 Å². The number of carbonyl (C=O) groups is 1. The number of nitrogen functional groups attached to an aromatic ring is 1. The summed E-state index contributed by atoms with van der Waals surface area (Å²) in [6.45, 7) is 5.89. The van der Waals surface area contributed by atoms with Crippen LogP contribution in [0.3, 0.4) is 0 Å². The van der Waals surface area contributed by atoms with Crippen molar-refractivity contribution in [1.29, 1.82) is 0 Å². The molecular formula is C13H19ClN2OS. The van der Waals surface area contributed by atoms with E-state index in [0.29, 0.717) is 10.7 Å². The SMILES string of the molecule is CCC(C)NC(=O)C(C)Sc1cc(Cl)ccc1N. The Morgan fingerprint density at radius 3 is 2.78 bits per heavy atom. The number of nitrogens with two attached hydrogens (primary N) is 1. The van der Waals surface area contributed by atoms with Crippen molar-refractivity contribution in [3.63, 3.8) is 0 Å². The van der Waals surface area contributed by atoms with Crippen molar-refractivity contribution in [3.05, 3.63) is 23.2 Å². The van der Waals surface area contributed by atoms with E-state index >= 15 is 0 Å². The Morgan fingerprint density at radius 1 is 1.50 bits per heavy atom. The maximum atomic E-state index is 11.9. The number of halogens is 1. The van der Waals surface area contributed by atoms with Gasteiger partial charge in [0.1, 0.15) is 0 Å². The van der Waals surface area contributed by atoms with Crippen LogP contribution in [0.1, 0.15) is 27.2 Å². The van der Waals surface area contributed by atoms with Gasteiger partial charge in [-0.25, -0.2) is 0 Å². The number of rotatable bonds is 5. The third-order valence-electron chi connectivity index (χ3n) is 2.65. The van der Waals surface area contributed by atoms with Crippen LogP contribution < -0.4 is 11.1 Å². The molecule has 2 atom stereocenters. The van der Waals surface area contributed by atoms with Crippen molar-refractivity contribution in [2.24, 2.45) is 0 Å². The third kappa shape index (κ3) is 4.42. The second-order valence-corrected chi connectivity index (χ2v) is 6.08. The number of thioether (sulfide) groups is 1. The first-order valence-electron chi connectivity index (χ1n) is 5.96. The lowest BCUT2D eigenvalue weighted by molar-refractivity contribution is -0.120. The van der Waals surface area contributed by atoms with E-state index in [-0.39, 0.29) is 17.2 Å². The van der Waals surface area contributed by atoms with Crippen LogP contribution >= 0.6 is 23.4 Å². The topological polar surface area (TPSA) is 55.1 Å². The summed E-state index contributed by atoms with van der Waals surface area (Å²) >= 11 is 7.34. The summed E-state index contributed by atoms with van der Waals surface area (Å²) in [5.74, 6) is 0.0220. The Hall–Kier alpha value is -0.870. The zero-order valence-corrected chi connectivity index (χ0v) is 12.4. The van der Waals surface area contributed by atoms with Gasteiger partial charge in [-0.15, -0.1) is 11.8 Å². The highest BCUT2D eigenvalue weighted by atomic mass is 35.5. The molecule has 2 unspecified atom stereocenters. The molecule has 0 radical (unpaired) electrons. The van der Waals surface area contributed by atoms with Gasteiger partial charge in [-0.2, -0.15) is 0 Å². The van der Waals surface area contributed by atoms with E-state index in [4.69, 9.17) is 17.3 Å². The van der Waals surface area contributed by atoms with Crippen LogP contribution in [0.25, 0.3) is 0 Å².